The summed E-state index contributed by atoms with van der Waals surface area (Å²) < 4.78 is 79.2. The molecule has 145 heavy (non-hydrogen) atoms. The molecule has 11 aromatic heterocycles. The Hall–Kier alpha value is -15.6. The molecule has 5 fully saturated rings. The highest BCUT2D eigenvalue weighted by molar-refractivity contribution is 7.89. The number of hydrogen-bond acceptors (Lipinski definition) is 28. The number of ether oxygens (including phenoxy) is 6. The summed E-state index contributed by atoms with van der Waals surface area (Å²) in [5, 5.41) is 51.2. The normalized spacial score (nSPS) is 15.4. The molecule has 0 saturated carbocycles. The Balaban J connectivity index is 0.000000123. The number of piperidine rings is 1. The molecule has 6 aromatic carbocycles. The van der Waals surface area contributed by atoms with Gasteiger partial charge in [0.2, 0.25) is 27.7 Å². The zero-order valence-corrected chi connectivity index (χ0v) is 81.7. The number of aromatic amines is 8. The monoisotopic (exact) mass is 1990 g/mol. The number of benzene rings is 6. The molecule has 43 nitrogen and oxygen atoms in total. The van der Waals surface area contributed by atoms with Crippen LogP contribution in [-0.2, 0) is 65.4 Å². The lowest BCUT2D eigenvalue weighted by Gasteiger charge is -2.30. The van der Waals surface area contributed by atoms with Gasteiger partial charge in [0.05, 0.1) is 175 Å². The van der Waals surface area contributed by atoms with Crippen LogP contribution in [-0.4, -0.2) is 289 Å². The van der Waals surface area contributed by atoms with Gasteiger partial charge >= 0.3 is 6.03 Å². The van der Waals surface area contributed by atoms with Gasteiger partial charge in [-0.3, -0.25) is 54.4 Å². The fraction of sp³-hybridized carbons (Fsp3) is 0.330. The lowest BCUT2D eigenvalue weighted by atomic mass is 9.92. The molecular weight excluding hydrogens is 1880 g/mol. The molecular formula is C100H111FN30O13S. The molecule has 5 aliphatic heterocycles. The lowest BCUT2D eigenvalue weighted by Crippen LogP contribution is -2.41. The van der Waals surface area contributed by atoms with Crippen molar-refractivity contribution in [2.75, 3.05) is 159 Å². The Labute approximate surface area is 830 Å². The highest BCUT2D eigenvalue weighted by Crippen LogP contribution is 2.36. The van der Waals surface area contributed by atoms with Crippen LogP contribution in [0, 0.1) is 25.6 Å². The molecule has 5 aliphatic rings. The molecule has 5 saturated heterocycles. The first kappa shape index (κ1) is 98.2. The SMILES string of the molecule is CC(C)(C)c1cc(C(=O)Nc2cn[nH]c2-c2nc3ccc(CN4CCOCC4)cc3[nH]2)n(-c2ccccc2)n1.COc1ccc(C(=O)Nc2cn[nH]c2-c2nc3ccc(CN4CCOCC4)cc3[nH]2)c(OC)n1.Cc1noc(C)c1NC(=O)Nc1cn[nH]c1-c1nc2ccc(CN3CCOCC3)cc2[nH]1.O=C(Nc1cn[nH]c1-c1nc2ccc(CN3CCOCC3)cc2[nH]1)C1CCN(S(=O)(=O)c2ccc(F)cc2)CC1. The number of halogens is 1. The number of anilines is 5. The molecule has 0 radical (unpaired) electrons. The minimum Gasteiger partial charge on any atom is -0.481 e. The van der Waals surface area contributed by atoms with Crippen LogP contribution in [0.2, 0.25) is 0 Å². The van der Waals surface area contributed by atoms with Gasteiger partial charge in [0.15, 0.2) is 29.1 Å². The van der Waals surface area contributed by atoms with E-state index in [1.165, 1.54) is 59.1 Å². The van der Waals surface area contributed by atoms with E-state index in [-0.39, 0.29) is 52.6 Å². The summed E-state index contributed by atoms with van der Waals surface area (Å²) in [6, 6.07) is 43.8. The number of methoxy groups -OCH3 is 2. The third-order valence-corrected chi connectivity index (χ3v) is 27.4. The van der Waals surface area contributed by atoms with Gasteiger partial charge in [0, 0.05) is 109 Å². The van der Waals surface area contributed by atoms with Crippen molar-refractivity contribution in [3.63, 3.8) is 0 Å². The van der Waals surface area contributed by atoms with Crippen molar-refractivity contribution in [3.05, 3.63) is 227 Å². The number of imidazole rings is 4. The number of aromatic nitrogens is 20. The topological polar surface area (TPSA) is 520 Å². The molecule has 17 aromatic rings. The fourth-order valence-electron chi connectivity index (χ4n) is 17.6. The highest BCUT2D eigenvalue weighted by atomic mass is 32.2. The summed E-state index contributed by atoms with van der Waals surface area (Å²) >= 11 is 0. The molecule has 13 N–H and O–H groups in total. The highest BCUT2D eigenvalue weighted by Gasteiger charge is 2.35. The van der Waals surface area contributed by atoms with E-state index in [9.17, 15) is 32.0 Å². The van der Waals surface area contributed by atoms with Crippen LogP contribution < -0.4 is 36.1 Å². The van der Waals surface area contributed by atoms with Gasteiger partial charge in [-0.15, -0.1) is 0 Å². The summed E-state index contributed by atoms with van der Waals surface area (Å²) in [6.45, 7) is 27.1. The molecule has 0 aliphatic carbocycles. The van der Waals surface area contributed by atoms with Gasteiger partial charge in [-0.05, 0) is 146 Å². The third kappa shape index (κ3) is 23.4. The van der Waals surface area contributed by atoms with E-state index in [2.05, 4.69) is 201 Å². The Morgan fingerprint density at radius 2 is 0.869 bits per heavy atom. The standard InChI is InChI=1S/C29H32N8O2.C27H30FN7O4S.C23H25N7O4.C21H24N8O3/c1-29(2,3)25-16-24(37(35-25)20-7-5-4-6-8-20)28(38)33-23-17-30-34-26(23)27-31-21-10-9-19(15-22(21)32-27)18-36-11-13-39-14-12-36;28-20-2-4-21(5-3-20)40(37,38)35-9-7-19(8-10-35)27(36)32-24-16-29-33-25(24)26-30-22-6-1-18(15-23(22)31-26)17-34-11-13-39-14-12-34;1-32-19-6-4-15(23(28-19)33-2)22(31)27-18-12-24-29-20(18)21-25-16-5-3-14(11-17(16)26-21)13-30-7-9-34-10-8-30;1-12-18(13(2)32-28-12)26-21(30)25-17-10-22-27-19(17)20-23-15-4-3-14(9-16(15)24-20)11-29-5-7-31-8-6-29/h4-10,15-17H,11-14,18H2,1-3H3,(H,30,34)(H,31,32)(H,33,38);1-6,15-16,19H,7-14,17H2,(H,29,33)(H,30,31)(H,32,36);3-6,11-12H,7-10,13H2,1-2H3,(H,24,29)(H,25,26)(H,27,31);3-4,9-10H,5-8,11H2,1-2H3,(H,22,27)(H,23,24)(H2,25,26,30). The van der Waals surface area contributed by atoms with Crippen molar-refractivity contribution in [3.8, 4) is 63.5 Å². The maximum absolute atomic E-state index is 13.6. The second-order valence-corrected chi connectivity index (χ2v) is 38.5. The Morgan fingerprint density at radius 3 is 1.26 bits per heavy atom. The zero-order chi connectivity index (χ0) is 100. The Bertz CT molecular complexity index is 7510. The molecule has 16 heterocycles. The van der Waals surface area contributed by atoms with E-state index in [0.717, 1.165) is 199 Å². The smallest absolute Gasteiger partial charge is 0.323 e. The van der Waals surface area contributed by atoms with Crippen LogP contribution in [0.4, 0.5) is 37.6 Å². The largest absolute Gasteiger partial charge is 0.481 e. The second-order valence-electron chi connectivity index (χ2n) is 36.6. The fourth-order valence-corrected chi connectivity index (χ4v) is 19.1. The van der Waals surface area contributed by atoms with E-state index in [1.54, 1.807) is 49.3 Å². The molecule has 752 valence electrons. The number of carbonyl (C=O) groups excluding carboxylic acids is 4. The van der Waals surface area contributed by atoms with Crippen LogP contribution in [0.5, 0.6) is 11.8 Å². The third-order valence-electron chi connectivity index (χ3n) is 25.5. The predicted octanol–water partition coefficient (Wildman–Crippen LogP) is 13.0. The first-order valence-electron chi connectivity index (χ1n) is 47.7. The van der Waals surface area contributed by atoms with E-state index >= 15 is 0 Å². The minimum atomic E-state index is -3.75. The van der Waals surface area contributed by atoms with Crippen LogP contribution in [0.15, 0.2) is 180 Å². The van der Waals surface area contributed by atoms with Crippen molar-refractivity contribution < 1.29 is 64.9 Å². The van der Waals surface area contributed by atoms with Crippen molar-refractivity contribution >= 4 is 106 Å². The van der Waals surface area contributed by atoms with Gasteiger partial charge in [0.1, 0.15) is 51.2 Å². The van der Waals surface area contributed by atoms with Crippen molar-refractivity contribution in [1.82, 2.24) is 124 Å². The number of para-hydroxylation sites is 1. The first-order chi connectivity index (χ1) is 70.4. The number of fused-ring (bicyclic) bond motifs is 4. The quantitative estimate of drug-likeness (QED) is 0.0253. The number of rotatable bonds is 25. The Kier molecular flexibility index (Phi) is 29.9. The number of aryl methyl sites for hydroxylation is 2. The number of morpholine rings is 4. The van der Waals surface area contributed by atoms with Crippen molar-refractivity contribution in [2.24, 2.45) is 5.92 Å². The maximum atomic E-state index is 13.6. The van der Waals surface area contributed by atoms with E-state index in [4.69, 9.17) is 43.0 Å². The number of pyridine rings is 1. The van der Waals surface area contributed by atoms with Crippen molar-refractivity contribution in [1.29, 1.82) is 0 Å². The van der Waals surface area contributed by atoms with E-state index < -0.39 is 27.8 Å². The van der Waals surface area contributed by atoms with Gasteiger partial charge in [-0.25, -0.2) is 42.2 Å². The number of urea groups is 1. The number of amides is 5. The maximum Gasteiger partial charge on any atom is 0.323 e. The van der Waals surface area contributed by atoms with Crippen LogP contribution in [0.3, 0.4) is 0 Å². The lowest BCUT2D eigenvalue weighted by molar-refractivity contribution is -0.120. The summed E-state index contributed by atoms with van der Waals surface area (Å²) in [5.74, 6) is 1.66. The van der Waals surface area contributed by atoms with Crippen LogP contribution in [0.1, 0.15) is 93.9 Å². The Morgan fingerprint density at radius 1 is 0.462 bits per heavy atom. The summed E-state index contributed by atoms with van der Waals surface area (Å²) in [4.78, 5) is 98.0. The summed E-state index contributed by atoms with van der Waals surface area (Å²) in [5.41, 5.74) is 19.4. The predicted molar refractivity (Wildman–Crippen MR) is 540 cm³/mol. The van der Waals surface area contributed by atoms with E-state index in [0.29, 0.717) is 110 Å². The second kappa shape index (κ2) is 44.1. The summed E-state index contributed by atoms with van der Waals surface area (Å²) in [6.07, 6.45) is 6.95. The molecule has 0 atom stereocenters. The number of hydrogen-bond donors (Lipinski definition) is 13. The van der Waals surface area contributed by atoms with Crippen LogP contribution in [0.25, 0.3) is 95.9 Å². The molecule has 45 heteroatoms. The van der Waals surface area contributed by atoms with Gasteiger partial charge in [-0.1, -0.05) is 68.4 Å². The number of nitrogens with zero attached hydrogens (tertiary/aromatic N) is 17. The van der Waals surface area contributed by atoms with Crippen LogP contribution >= 0.6 is 0 Å². The number of H-pyrrole nitrogens is 8. The molecule has 22 rings (SSSR count). The molecule has 0 unspecified atom stereocenters. The summed E-state index contributed by atoms with van der Waals surface area (Å²) in [7, 11) is -0.800. The first-order valence-corrected chi connectivity index (χ1v) is 49.1. The van der Waals surface area contributed by atoms with Crippen molar-refractivity contribution in [2.45, 2.75) is 83.9 Å². The van der Waals surface area contributed by atoms with Gasteiger partial charge in [-0.2, -0.15) is 34.8 Å². The average Bonchev–Trinajstić information content (AvgIpc) is 1.56. The number of carbonyl (C=O) groups is 4. The van der Waals surface area contributed by atoms with E-state index in [1.807, 2.05) is 60.7 Å². The molecule has 0 spiro atoms. The number of nitrogens with one attached hydrogen (secondary N) is 13. The minimum absolute atomic E-state index is 0.0406. The van der Waals surface area contributed by atoms with Gasteiger partial charge < -0.3 is 79.5 Å². The molecule has 5 amide bonds. The zero-order valence-electron chi connectivity index (χ0n) is 80.9. The average molecular weight is 1990 g/mol. The van der Waals surface area contributed by atoms with Gasteiger partial charge in [0.25, 0.3) is 11.8 Å². The number of sulfonamides is 1. The molecule has 0 bridgehead atoms.